The van der Waals surface area contributed by atoms with Crippen LogP contribution in [0.3, 0.4) is 0 Å². The fourth-order valence-corrected chi connectivity index (χ4v) is 2.43. The number of hydrogen-bond acceptors (Lipinski definition) is 2. The minimum Gasteiger partial charge on any atom is -0.353 e. The van der Waals surface area contributed by atoms with Gasteiger partial charge < -0.3 is 4.74 Å². The van der Waals surface area contributed by atoms with E-state index in [1.165, 1.54) is 5.56 Å². The van der Waals surface area contributed by atoms with E-state index < -0.39 is 0 Å². The SMILES string of the molecule is CC(C)C1O[C@H](c2ccccc2)[C@H](C)N1C. The third kappa shape index (κ3) is 2.00. The Labute approximate surface area is 98.2 Å². The van der Waals surface area contributed by atoms with E-state index >= 15 is 0 Å². The molecule has 1 unspecified atom stereocenters. The summed E-state index contributed by atoms with van der Waals surface area (Å²) in [6.45, 7) is 6.66. The van der Waals surface area contributed by atoms with Crippen LogP contribution in [0.4, 0.5) is 0 Å². The van der Waals surface area contributed by atoms with Crippen molar-refractivity contribution in [2.75, 3.05) is 7.05 Å². The number of hydrogen-bond donors (Lipinski definition) is 0. The standard InChI is InChI=1S/C14H21NO/c1-10(2)14-15(4)11(3)13(16-14)12-8-6-5-7-9-12/h5-11,13-14H,1-4H3/t11-,13-,14?/m0/s1. The molecule has 1 aromatic carbocycles. The molecule has 0 aliphatic carbocycles. The second-order valence-electron chi connectivity index (χ2n) is 5.01. The first-order chi connectivity index (χ1) is 7.61. The zero-order valence-electron chi connectivity index (χ0n) is 10.6. The van der Waals surface area contributed by atoms with Crippen LogP contribution < -0.4 is 0 Å². The van der Waals surface area contributed by atoms with Gasteiger partial charge in [-0.1, -0.05) is 44.2 Å². The fourth-order valence-electron chi connectivity index (χ4n) is 2.43. The lowest BCUT2D eigenvalue weighted by molar-refractivity contribution is -0.0232. The van der Waals surface area contributed by atoms with Crippen molar-refractivity contribution in [3.8, 4) is 0 Å². The minimum absolute atomic E-state index is 0.207. The predicted octanol–water partition coefficient (Wildman–Crippen LogP) is 3.06. The Hall–Kier alpha value is -0.860. The maximum Gasteiger partial charge on any atom is 0.113 e. The first-order valence-corrected chi connectivity index (χ1v) is 6.03. The Morgan fingerprint density at radius 3 is 2.31 bits per heavy atom. The molecule has 3 atom stereocenters. The lowest BCUT2D eigenvalue weighted by Gasteiger charge is -2.23. The van der Waals surface area contributed by atoms with Crippen molar-refractivity contribution in [3.05, 3.63) is 35.9 Å². The van der Waals surface area contributed by atoms with Crippen LogP contribution in [-0.4, -0.2) is 24.2 Å². The molecule has 0 amide bonds. The summed E-state index contributed by atoms with van der Waals surface area (Å²) >= 11 is 0. The van der Waals surface area contributed by atoms with Crippen molar-refractivity contribution in [2.24, 2.45) is 5.92 Å². The molecule has 1 fully saturated rings. The van der Waals surface area contributed by atoms with Crippen LogP contribution in [0, 0.1) is 5.92 Å². The van der Waals surface area contributed by atoms with Crippen molar-refractivity contribution in [2.45, 2.75) is 39.1 Å². The highest BCUT2D eigenvalue weighted by Gasteiger charge is 2.38. The zero-order chi connectivity index (χ0) is 11.7. The molecular weight excluding hydrogens is 198 g/mol. The molecule has 88 valence electrons. The summed E-state index contributed by atoms with van der Waals surface area (Å²) in [7, 11) is 2.15. The van der Waals surface area contributed by atoms with E-state index in [0.29, 0.717) is 12.0 Å². The molecule has 0 aromatic heterocycles. The largest absolute Gasteiger partial charge is 0.353 e. The van der Waals surface area contributed by atoms with Gasteiger partial charge in [0.05, 0.1) is 6.10 Å². The zero-order valence-corrected chi connectivity index (χ0v) is 10.6. The van der Waals surface area contributed by atoms with Gasteiger partial charge in [-0.3, -0.25) is 4.90 Å². The molecule has 2 rings (SSSR count). The summed E-state index contributed by atoms with van der Waals surface area (Å²) in [5, 5.41) is 0. The molecule has 2 heteroatoms. The Morgan fingerprint density at radius 1 is 1.19 bits per heavy atom. The fraction of sp³-hybridized carbons (Fsp3) is 0.571. The van der Waals surface area contributed by atoms with Gasteiger partial charge in [0.25, 0.3) is 0 Å². The van der Waals surface area contributed by atoms with E-state index in [-0.39, 0.29) is 12.3 Å². The van der Waals surface area contributed by atoms with Gasteiger partial charge >= 0.3 is 0 Å². The number of rotatable bonds is 2. The van der Waals surface area contributed by atoms with Gasteiger partial charge in [-0.05, 0) is 25.5 Å². The molecular formula is C14H21NO. The van der Waals surface area contributed by atoms with E-state index in [2.05, 4.69) is 57.0 Å². The van der Waals surface area contributed by atoms with Crippen molar-refractivity contribution in [3.63, 3.8) is 0 Å². The van der Waals surface area contributed by atoms with Crippen molar-refractivity contribution < 1.29 is 4.74 Å². The van der Waals surface area contributed by atoms with Crippen LogP contribution in [0.25, 0.3) is 0 Å². The second-order valence-corrected chi connectivity index (χ2v) is 5.01. The van der Waals surface area contributed by atoms with Crippen LogP contribution in [-0.2, 0) is 4.74 Å². The number of nitrogens with zero attached hydrogens (tertiary/aromatic N) is 1. The molecule has 0 bridgehead atoms. The van der Waals surface area contributed by atoms with Crippen molar-refractivity contribution in [1.29, 1.82) is 0 Å². The quantitative estimate of drug-likeness (QED) is 0.758. The third-order valence-electron chi connectivity index (χ3n) is 3.47. The summed E-state index contributed by atoms with van der Waals surface area (Å²) in [5.41, 5.74) is 1.28. The highest BCUT2D eigenvalue weighted by atomic mass is 16.5. The van der Waals surface area contributed by atoms with Crippen LogP contribution in [0.1, 0.15) is 32.4 Å². The molecule has 0 N–H and O–H groups in total. The maximum absolute atomic E-state index is 6.16. The molecule has 0 radical (unpaired) electrons. The lowest BCUT2D eigenvalue weighted by Crippen LogP contribution is -2.34. The first kappa shape index (κ1) is 11.6. The van der Waals surface area contributed by atoms with E-state index in [1.54, 1.807) is 0 Å². The van der Waals surface area contributed by atoms with Crippen LogP contribution in [0.2, 0.25) is 0 Å². The monoisotopic (exact) mass is 219 g/mol. The van der Waals surface area contributed by atoms with Gasteiger partial charge in [-0.25, -0.2) is 0 Å². The van der Waals surface area contributed by atoms with Gasteiger partial charge in [0.15, 0.2) is 0 Å². The number of benzene rings is 1. The molecule has 16 heavy (non-hydrogen) atoms. The maximum atomic E-state index is 6.16. The van der Waals surface area contributed by atoms with Gasteiger partial charge in [-0.15, -0.1) is 0 Å². The molecule has 2 nitrogen and oxygen atoms in total. The topological polar surface area (TPSA) is 12.5 Å². The first-order valence-electron chi connectivity index (χ1n) is 6.03. The van der Waals surface area contributed by atoms with E-state index in [9.17, 15) is 0 Å². The van der Waals surface area contributed by atoms with Crippen molar-refractivity contribution >= 4 is 0 Å². The predicted molar refractivity (Wildman–Crippen MR) is 66.1 cm³/mol. The van der Waals surface area contributed by atoms with Crippen molar-refractivity contribution in [1.82, 2.24) is 4.90 Å². The molecule has 1 aliphatic rings. The smallest absolute Gasteiger partial charge is 0.113 e. The molecule has 1 saturated heterocycles. The van der Waals surface area contributed by atoms with Gasteiger partial charge in [0.1, 0.15) is 6.23 Å². The highest BCUT2D eigenvalue weighted by molar-refractivity contribution is 5.20. The molecule has 1 heterocycles. The number of likely N-dealkylation sites (N-methyl/N-ethyl adjacent to an activating group) is 1. The molecule has 1 aromatic rings. The lowest BCUT2D eigenvalue weighted by atomic mass is 10.0. The van der Waals surface area contributed by atoms with E-state index in [4.69, 9.17) is 4.74 Å². The second kappa shape index (κ2) is 4.56. The summed E-state index contributed by atoms with van der Waals surface area (Å²) in [5.74, 6) is 0.529. The highest BCUT2D eigenvalue weighted by Crippen LogP contribution is 2.35. The Balaban J connectivity index is 2.20. The minimum atomic E-state index is 0.207. The van der Waals surface area contributed by atoms with Gasteiger partial charge in [-0.2, -0.15) is 0 Å². The van der Waals surface area contributed by atoms with E-state index in [0.717, 1.165) is 0 Å². The normalized spacial score (nSPS) is 31.2. The molecule has 0 saturated carbocycles. The van der Waals surface area contributed by atoms with Crippen LogP contribution >= 0.6 is 0 Å². The van der Waals surface area contributed by atoms with Crippen LogP contribution in [0.5, 0.6) is 0 Å². The Morgan fingerprint density at radius 2 is 1.81 bits per heavy atom. The number of ether oxygens (including phenoxy) is 1. The van der Waals surface area contributed by atoms with Gasteiger partial charge in [0, 0.05) is 6.04 Å². The van der Waals surface area contributed by atoms with Crippen LogP contribution in [0.15, 0.2) is 30.3 Å². The summed E-state index contributed by atoms with van der Waals surface area (Å²) < 4.78 is 6.16. The average molecular weight is 219 g/mol. The Bertz CT molecular complexity index is 336. The van der Waals surface area contributed by atoms with E-state index in [1.807, 2.05) is 6.07 Å². The molecule has 0 spiro atoms. The third-order valence-corrected chi connectivity index (χ3v) is 3.47. The Kier molecular flexibility index (Phi) is 3.31. The summed E-state index contributed by atoms with van der Waals surface area (Å²) in [6, 6.07) is 10.9. The molecule has 1 aliphatic heterocycles. The van der Waals surface area contributed by atoms with Gasteiger partial charge in [0.2, 0.25) is 0 Å². The average Bonchev–Trinajstić information content (AvgIpc) is 2.58. The summed E-state index contributed by atoms with van der Waals surface area (Å²) in [6.07, 6.45) is 0.443. The summed E-state index contributed by atoms with van der Waals surface area (Å²) in [4.78, 5) is 2.34.